The highest BCUT2D eigenvalue weighted by atomic mass is 19.2. The van der Waals surface area contributed by atoms with Crippen LogP contribution in [0.2, 0.25) is 0 Å². The average Bonchev–Trinajstić information content (AvgIpc) is 2.23. The fourth-order valence-electron chi connectivity index (χ4n) is 1.17. The standard InChI is InChI=1S/C10H8F3NO3/c1-14(4-8(15)16)10(17)5-2-6(11)9(13)7(12)3-5/h2-3H,4H2,1H3,(H,15,16). The van der Waals surface area contributed by atoms with E-state index in [-0.39, 0.29) is 0 Å². The highest BCUT2D eigenvalue weighted by Crippen LogP contribution is 2.14. The number of hydrogen-bond acceptors (Lipinski definition) is 2. The van der Waals surface area contributed by atoms with Gasteiger partial charge in [-0.3, -0.25) is 9.59 Å². The third-order valence-corrected chi connectivity index (χ3v) is 1.95. The summed E-state index contributed by atoms with van der Waals surface area (Å²) in [4.78, 5) is 22.6. The van der Waals surface area contributed by atoms with Crippen LogP contribution in [0.5, 0.6) is 0 Å². The molecule has 0 aliphatic rings. The zero-order valence-electron chi connectivity index (χ0n) is 8.71. The molecule has 92 valence electrons. The Morgan fingerprint density at radius 3 is 2.12 bits per heavy atom. The van der Waals surface area contributed by atoms with Crippen LogP contribution < -0.4 is 0 Å². The van der Waals surface area contributed by atoms with Gasteiger partial charge in [0.15, 0.2) is 17.5 Å². The van der Waals surface area contributed by atoms with Crippen LogP contribution in [0.1, 0.15) is 10.4 Å². The SMILES string of the molecule is CN(CC(=O)O)C(=O)c1cc(F)c(F)c(F)c1. The van der Waals surface area contributed by atoms with E-state index in [0.717, 1.165) is 11.9 Å². The van der Waals surface area contributed by atoms with E-state index < -0.39 is 41.4 Å². The van der Waals surface area contributed by atoms with Crippen molar-refractivity contribution in [2.75, 3.05) is 13.6 Å². The van der Waals surface area contributed by atoms with E-state index >= 15 is 0 Å². The number of carboxylic acid groups (broad SMARTS) is 1. The van der Waals surface area contributed by atoms with Crippen LogP contribution in [0.3, 0.4) is 0 Å². The van der Waals surface area contributed by atoms with Crippen molar-refractivity contribution in [2.45, 2.75) is 0 Å². The molecule has 1 aromatic rings. The van der Waals surface area contributed by atoms with Gasteiger partial charge in [0.2, 0.25) is 0 Å². The molecule has 1 aromatic carbocycles. The molecule has 0 atom stereocenters. The van der Waals surface area contributed by atoms with Crippen molar-refractivity contribution in [3.8, 4) is 0 Å². The van der Waals surface area contributed by atoms with E-state index in [4.69, 9.17) is 5.11 Å². The van der Waals surface area contributed by atoms with Crippen LogP contribution in [-0.2, 0) is 4.79 Å². The second kappa shape index (κ2) is 4.86. The third-order valence-electron chi connectivity index (χ3n) is 1.95. The molecule has 0 spiro atoms. The lowest BCUT2D eigenvalue weighted by atomic mass is 10.2. The lowest BCUT2D eigenvalue weighted by Crippen LogP contribution is -2.32. The molecule has 0 unspecified atom stereocenters. The number of amides is 1. The molecule has 1 amide bonds. The number of nitrogens with zero attached hydrogens (tertiary/aromatic N) is 1. The fraction of sp³-hybridized carbons (Fsp3) is 0.200. The molecule has 0 saturated carbocycles. The van der Waals surface area contributed by atoms with Gasteiger partial charge in [0.05, 0.1) is 0 Å². The Labute approximate surface area is 94.3 Å². The van der Waals surface area contributed by atoms with Gasteiger partial charge in [0.25, 0.3) is 5.91 Å². The van der Waals surface area contributed by atoms with Gasteiger partial charge in [-0.25, -0.2) is 13.2 Å². The molecule has 0 bridgehead atoms. The summed E-state index contributed by atoms with van der Waals surface area (Å²) in [6, 6.07) is 1.03. The lowest BCUT2D eigenvalue weighted by Gasteiger charge is -2.14. The van der Waals surface area contributed by atoms with E-state index in [9.17, 15) is 22.8 Å². The van der Waals surface area contributed by atoms with Crippen LogP contribution in [0.4, 0.5) is 13.2 Å². The van der Waals surface area contributed by atoms with E-state index in [1.165, 1.54) is 0 Å². The molecule has 1 N–H and O–H groups in total. The van der Waals surface area contributed by atoms with Gasteiger partial charge in [-0.15, -0.1) is 0 Å². The summed E-state index contributed by atoms with van der Waals surface area (Å²) in [5, 5.41) is 8.43. The van der Waals surface area contributed by atoms with Crippen LogP contribution in [0.15, 0.2) is 12.1 Å². The smallest absolute Gasteiger partial charge is 0.323 e. The van der Waals surface area contributed by atoms with E-state index in [2.05, 4.69) is 0 Å². The first-order chi connectivity index (χ1) is 7.82. The Bertz CT molecular complexity index is 453. The molecule has 7 heteroatoms. The summed E-state index contributed by atoms with van der Waals surface area (Å²) in [7, 11) is 1.15. The highest BCUT2D eigenvalue weighted by molar-refractivity contribution is 5.95. The van der Waals surface area contributed by atoms with Gasteiger partial charge in [0, 0.05) is 12.6 Å². The minimum atomic E-state index is -1.68. The summed E-state index contributed by atoms with van der Waals surface area (Å²) < 4.78 is 38.3. The number of benzene rings is 1. The van der Waals surface area contributed by atoms with E-state index in [1.54, 1.807) is 0 Å². The maximum absolute atomic E-state index is 12.8. The molecule has 1 rings (SSSR count). The number of hydrogen-bond donors (Lipinski definition) is 1. The topological polar surface area (TPSA) is 57.6 Å². The summed E-state index contributed by atoms with van der Waals surface area (Å²) >= 11 is 0. The van der Waals surface area contributed by atoms with E-state index in [1.807, 2.05) is 0 Å². The van der Waals surface area contributed by atoms with Crippen molar-refractivity contribution < 1.29 is 27.9 Å². The first-order valence-corrected chi connectivity index (χ1v) is 4.44. The number of carbonyl (C=O) groups is 2. The van der Waals surface area contributed by atoms with Crippen LogP contribution in [0, 0.1) is 17.5 Å². The van der Waals surface area contributed by atoms with Crippen LogP contribution in [0.25, 0.3) is 0 Å². The lowest BCUT2D eigenvalue weighted by molar-refractivity contribution is -0.137. The van der Waals surface area contributed by atoms with Crippen molar-refractivity contribution in [3.05, 3.63) is 35.1 Å². The Morgan fingerprint density at radius 2 is 1.71 bits per heavy atom. The first kappa shape index (κ1) is 13.0. The van der Waals surface area contributed by atoms with Gasteiger partial charge < -0.3 is 10.0 Å². The normalized spacial score (nSPS) is 10.1. The zero-order valence-corrected chi connectivity index (χ0v) is 8.71. The van der Waals surface area contributed by atoms with Gasteiger partial charge in [-0.05, 0) is 12.1 Å². The number of likely N-dealkylation sites (N-methyl/N-ethyl adjacent to an activating group) is 1. The number of halogens is 3. The van der Waals surface area contributed by atoms with Gasteiger partial charge in [0.1, 0.15) is 6.54 Å². The first-order valence-electron chi connectivity index (χ1n) is 4.44. The molecule has 0 saturated heterocycles. The predicted molar refractivity (Wildman–Crippen MR) is 50.9 cm³/mol. The quantitative estimate of drug-likeness (QED) is 0.818. The second-order valence-electron chi connectivity index (χ2n) is 3.31. The number of carbonyl (C=O) groups excluding carboxylic acids is 1. The van der Waals surface area contributed by atoms with Gasteiger partial charge in [-0.1, -0.05) is 0 Å². The molecular weight excluding hydrogens is 239 g/mol. The Kier molecular flexibility index (Phi) is 3.72. The minimum Gasteiger partial charge on any atom is -0.480 e. The molecular formula is C10H8F3NO3. The zero-order chi connectivity index (χ0) is 13.2. The molecule has 0 aromatic heterocycles. The number of carboxylic acids is 1. The average molecular weight is 247 g/mol. The van der Waals surface area contributed by atoms with Crippen LogP contribution >= 0.6 is 0 Å². The van der Waals surface area contributed by atoms with E-state index in [0.29, 0.717) is 12.1 Å². The molecule has 17 heavy (non-hydrogen) atoms. The number of rotatable bonds is 3. The third kappa shape index (κ3) is 2.96. The number of aliphatic carboxylic acids is 1. The molecule has 0 aliphatic heterocycles. The molecule has 0 fully saturated rings. The summed E-state index contributed by atoms with van der Waals surface area (Å²) in [6.45, 7) is -0.626. The summed E-state index contributed by atoms with van der Waals surface area (Å²) in [5.41, 5.74) is -0.454. The monoisotopic (exact) mass is 247 g/mol. The van der Waals surface area contributed by atoms with Crippen molar-refractivity contribution >= 4 is 11.9 Å². The maximum atomic E-state index is 12.8. The summed E-state index contributed by atoms with van der Waals surface area (Å²) in [5.74, 6) is -6.87. The predicted octanol–water partition coefficient (Wildman–Crippen LogP) is 1.26. The minimum absolute atomic E-state index is 0.454. The molecule has 0 heterocycles. The largest absolute Gasteiger partial charge is 0.480 e. The Balaban J connectivity index is 3.01. The summed E-state index contributed by atoms with van der Waals surface area (Å²) in [6.07, 6.45) is 0. The highest BCUT2D eigenvalue weighted by Gasteiger charge is 2.19. The Morgan fingerprint density at radius 1 is 1.24 bits per heavy atom. The van der Waals surface area contributed by atoms with Crippen molar-refractivity contribution in [1.82, 2.24) is 4.90 Å². The molecule has 0 aliphatic carbocycles. The Hall–Kier alpha value is -2.05. The van der Waals surface area contributed by atoms with Gasteiger partial charge in [-0.2, -0.15) is 0 Å². The van der Waals surface area contributed by atoms with Crippen molar-refractivity contribution in [1.29, 1.82) is 0 Å². The fourth-order valence-corrected chi connectivity index (χ4v) is 1.17. The van der Waals surface area contributed by atoms with Gasteiger partial charge >= 0.3 is 5.97 Å². The molecule has 4 nitrogen and oxygen atoms in total. The molecule has 0 radical (unpaired) electrons. The van der Waals surface area contributed by atoms with Crippen LogP contribution in [-0.4, -0.2) is 35.5 Å². The second-order valence-corrected chi connectivity index (χ2v) is 3.31. The maximum Gasteiger partial charge on any atom is 0.323 e. The van der Waals surface area contributed by atoms with Crippen molar-refractivity contribution in [2.24, 2.45) is 0 Å². The van der Waals surface area contributed by atoms with Crippen molar-refractivity contribution in [3.63, 3.8) is 0 Å².